The number of thiazole rings is 1. The van der Waals surface area contributed by atoms with Gasteiger partial charge < -0.3 is 15.2 Å². The fraction of sp³-hybridized carbons (Fsp3) is 0.615. The van der Waals surface area contributed by atoms with Crippen LogP contribution in [0.1, 0.15) is 38.3 Å². The van der Waals surface area contributed by atoms with Crippen molar-refractivity contribution in [2.75, 3.05) is 19.0 Å². The van der Waals surface area contributed by atoms with Crippen molar-refractivity contribution < 1.29 is 19.4 Å². The minimum Gasteiger partial charge on any atom is -0.480 e. The Bertz CT molecular complexity index is 476. The fourth-order valence-electron chi connectivity index (χ4n) is 1.59. The van der Waals surface area contributed by atoms with Gasteiger partial charge in [-0.3, -0.25) is 5.32 Å². The normalized spacial score (nSPS) is 12.2. The van der Waals surface area contributed by atoms with Crippen molar-refractivity contribution in [1.82, 2.24) is 10.3 Å². The number of aromatic nitrogens is 1. The number of methoxy groups -OCH3 is 1. The van der Waals surface area contributed by atoms with Crippen LogP contribution in [0.4, 0.5) is 9.93 Å². The van der Waals surface area contributed by atoms with Gasteiger partial charge in [0, 0.05) is 19.1 Å². The van der Waals surface area contributed by atoms with Gasteiger partial charge in [0.25, 0.3) is 0 Å². The first-order chi connectivity index (χ1) is 9.93. The Morgan fingerprint density at radius 1 is 1.48 bits per heavy atom. The number of carbonyl (C=O) groups is 2. The van der Waals surface area contributed by atoms with Gasteiger partial charge in [-0.25, -0.2) is 14.6 Å². The van der Waals surface area contributed by atoms with E-state index in [-0.39, 0.29) is 5.92 Å². The Hall–Kier alpha value is -1.67. The van der Waals surface area contributed by atoms with E-state index in [9.17, 15) is 9.59 Å². The molecule has 1 atom stereocenters. The van der Waals surface area contributed by atoms with Gasteiger partial charge in [-0.05, 0) is 18.8 Å². The number of hydrogen-bond acceptors (Lipinski definition) is 5. The van der Waals surface area contributed by atoms with Crippen LogP contribution in [-0.2, 0) is 9.53 Å². The molecule has 0 radical (unpaired) electrons. The lowest BCUT2D eigenvalue weighted by Crippen LogP contribution is -2.43. The molecule has 3 N–H and O–H groups in total. The zero-order valence-electron chi connectivity index (χ0n) is 12.4. The second kappa shape index (κ2) is 8.58. The standard InChI is InChI=1S/C13H21N3O4S/c1-8(2)10-7-21-13(15-10)16-12(19)14-9(11(17)18)5-4-6-20-3/h7-9H,4-6H2,1-3H3,(H,17,18)(H2,14,15,16,19). The molecule has 1 unspecified atom stereocenters. The molecule has 2 amide bonds. The van der Waals surface area contributed by atoms with E-state index in [0.717, 1.165) is 5.69 Å². The van der Waals surface area contributed by atoms with Crippen molar-refractivity contribution in [3.8, 4) is 0 Å². The van der Waals surface area contributed by atoms with Gasteiger partial charge in [0.05, 0.1) is 5.69 Å². The lowest BCUT2D eigenvalue weighted by Gasteiger charge is -2.14. The lowest BCUT2D eigenvalue weighted by atomic mass is 10.1. The molecule has 0 aromatic carbocycles. The van der Waals surface area contributed by atoms with E-state index in [1.54, 1.807) is 7.11 Å². The topological polar surface area (TPSA) is 101 Å². The van der Waals surface area contributed by atoms with Gasteiger partial charge in [0.1, 0.15) is 6.04 Å². The molecular weight excluding hydrogens is 294 g/mol. The molecule has 0 saturated heterocycles. The molecule has 0 aliphatic carbocycles. The number of nitrogens with zero attached hydrogens (tertiary/aromatic N) is 1. The molecule has 1 rings (SSSR count). The molecule has 0 saturated carbocycles. The van der Waals surface area contributed by atoms with Crippen LogP contribution in [0.2, 0.25) is 0 Å². The van der Waals surface area contributed by atoms with Gasteiger partial charge in [-0.15, -0.1) is 11.3 Å². The van der Waals surface area contributed by atoms with E-state index < -0.39 is 18.0 Å². The van der Waals surface area contributed by atoms with Crippen LogP contribution < -0.4 is 10.6 Å². The number of aliphatic carboxylic acids is 1. The number of carbonyl (C=O) groups excluding carboxylic acids is 1. The Kier molecular flexibility index (Phi) is 7.10. The van der Waals surface area contributed by atoms with Crippen LogP contribution in [0.5, 0.6) is 0 Å². The third-order valence-electron chi connectivity index (χ3n) is 2.78. The third kappa shape index (κ3) is 6.09. The van der Waals surface area contributed by atoms with Crippen LogP contribution in [0.15, 0.2) is 5.38 Å². The number of hydrogen-bond donors (Lipinski definition) is 3. The monoisotopic (exact) mass is 315 g/mol. The summed E-state index contributed by atoms with van der Waals surface area (Å²) >= 11 is 1.31. The maximum Gasteiger partial charge on any atom is 0.326 e. The SMILES string of the molecule is COCCCC(NC(=O)Nc1nc(C(C)C)cs1)C(=O)O. The van der Waals surface area contributed by atoms with Crippen molar-refractivity contribution in [2.45, 2.75) is 38.6 Å². The number of nitrogens with one attached hydrogen (secondary N) is 2. The largest absolute Gasteiger partial charge is 0.480 e. The van der Waals surface area contributed by atoms with Crippen molar-refractivity contribution in [3.63, 3.8) is 0 Å². The summed E-state index contributed by atoms with van der Waals surface area (Å²) in [5, 5.41) is 16.4. The fourth-order valence-corrected chi connectivity index (χ4v) is 2.46. The first kappa shape index (κ1) is 17.4. The molecule has 1 heterocycles. The van der Waals surface area contributed by atoms with Gasteiger partial charge in [-0.2, -0.15) is 0 Å². The van der Waals surface area contributed by atoms with Crippen molar-refractivity contribution in [3.05, 3.63) is 11.1 Å². The molecule has 0 aliphatic heterocycles. The van der Waals surface area contributed by atoms with Gasteiger partial charge in [0.15, 0.2) is 5.13 Å². The summed E-state index contributed by atoms with van der Waals surface area (Å²) in [6, 6.07) is -1.51. The molecule has 0 bridgehead atoms. The van der Waals surface area contributed by atoms with E-state index in [1.807, 2.05) is 19.2 Å². The van der Waals surface area contributed by atoms with Gasteiger partial charge >= 0.3 is 12.0 Å². The highest BCUT2D eigenvalue weighted by Gasteiger charge is 2.20. The van der Waals surface area contributed by atoms with E-state index in [1.165, 1.54) is 11.3 Å². The van der Waals surface area contributed by atoms with Gasteiger partial charge in [0.2, 0.25) is 0 Å². The molecule has 0 spiro atoms. The zero-order valence-corrected chi connectivity index (χ0v) is 13.2. The summed E-state index contributed by atoms with van der Waals surface area (Å²) in [4.78, 5) is 27.1. The minimum absolute atomic E-state index is 0.278. The van der Waals surface area contributed by atoms with Crippen LogP contribution in [0, 0.1) is 0 Å². The summed E-state index contributed by atoms with van der Waals surface area (Å²) in [7, 11) is 1.55. The average Bonchev–Trinajstić information content (AvgIpc) is 2.86. The predicted molar refractivity (Wildman–Crippen MR) is 80.9 cm³/mol. The van der Waals surface area contributed by atoms with Crippen LogP contribution >= 0.6 is 11.3 Å². The molecule has 8 heteroatoms. The number of anilines is 1. The quantitative estimate of drug-likeness (QED) is 0.639. The first-order valence-corrected chi connectivity index (χ1v) is 7.56. The van der Waals surface area contributed by atoms with Gasteiger partial charge in [-0.1, -0.05) is 13.8 Å². The lowest BCUT2D eigenvalue weighted by molar-refractivity contribution is -0.139. The zero-order chi connectivity index (χ0) is 15.8. The van der Waals surface area contributed by atoms with Crippen molar-refractivity contribution in [2.24, 2.45) is 0 Å². The van der Waals surface area contributed by atoms with E-state index in [2.05, 4.69) is 15.6 Å². The molecule has 7 nitrogen and oxygen atoms in total. The highest BCUT2D eigenvalue weighted by molar-refractivity contribution is 7.13. The average molecular weight is 315 g/mol. The molecular formula is C13H21N3O4S. The summed E-state index contributed by atoms with van der Waals surface area (Å²) < 4.78 is 4.87. The predicted octanol–water partition coefficient (Wildman–Crippen LogP) is 2.27. The highest BCUT2D eigenvalue weighted by Crippen LogP contribution is 2.21. The molecule has 0 fully saturated rings. The number of urea groups is 1. The van der Waals surface area contributed by atoms with Crippen LogP contribution in [-0.4, -0.2) is 41.8 Å². The van der Waals surface area contributed by atoms with Crippen LogP contribution in [0.25, 0.3) is 0 Å². The van der Waals surface area contributed by atoms with E-state index in [0.29, 0.717) is 24.6 Å². The number of rotatable bonds is 8. The number of amides is 2. The Labute approximate surface area is 127 Å². The first-order valence-electron chi connectivity index (χ1n) is 6.68. The third-order valence-corrected chi connectivity index (χ3v) is 3.55. The highest BCUT2D eigenvalue weighted by atomic mass is 32.1. The second-order valence-electron chi connectivity index (χ2n) is 4.86. The molecule has 0 aliphatic rings. The Balaban J connectivity index is 2.50. The Morgan fingerprint density at radius 2 is 2.19 bits per heavy atom. The van der Waals surface area contributed by atoms with Crippen molar-refractivity contribution >= 4 is 28.5 Å². The Morgan fingerprint density at radius 3 is 2.71 bits per heavy atom. The molecule has 1 aromatic rings. The molecule has 1 aromatic heterocycles. The maximum atomic E-state index is 11.8. The number of carboxylic acid groups (broad SMARTS) is 1. The van der Waals surface area contributed by atoms with Crippen molar-refractivity contribution in [1.29, 1.82) is 0 Å². The summed E-state index contributed by atoms with van der Waals surface area (Å²) in [6.45, 7) is 4.47. The minimum atomic E-state index is -1.07. The van der Waals surface area contributed by atoms with E-state index >= 15 is 0 Å². The number of carboxylic acids is 1. The summed E-state index contributed by atoms with van der Waals surface area (Å²) in [5.41, 5.74) is 0.894. The maximum absolute atomic E-state index is 11.8. The van der Waals surface area contributed by atoms with E-state index in [4.69, 9.17) is 9.84 Å². The second-order valence-corrected chi connectivity index (χ2v) is 5.71. The number of ether oxygens (including phenoxy) is 1. The summed E-state index contributed by atoms with van der Waals surface area (Å²) in [5.74, 6) is -0.788. The van der Waals surface area contributed by atoms with Crippen LogP contribution in [0.3, 0.4) is 0 Å². The smallest absolute Gasteiger partial charge is 0.326 e. The summed E-state index contributed by atoms with van der Waals surface area (Å²) in [6.07, 6.45) is 0.869. The molecule has 21 heavy (non-hydrogen) atoms. The molecule has 118 valence electrons.